The molecule has 0 amide bonds. The minimum Gasteiger partial charge on any atom is -0.462 e. The predicted octanol–water partition coefficient (Wildman–Crippen LogP) is 1.83. The van der Waals surface area contributed by atoms with Crippen LogP contribution in [0.2, 0.25) is 0 Å². The van der Waals surface area contributed by atoms with Gasteiger partial charge in [0.2, 0.25) is 11.1 Å². The van der Waals surface area contributed by atoms with Crippen molar-refractivity contribution in [1.82, 2.24) is 0 Å². The molecular formula is C11H18NO3+. The van der Waals surface area contributed by atoms with Crippen molar-refractivity contribution in [2.24, 2.45) is 0 Å². The molecule has 0 bridgehead atoms. The summed E-state index contributed by atoms with van der Waals surface area (Å²) in [7, 11) is 0. The molecule has 0 N–H and O–H groups in total. The number of carbonyl (C=O) groups excluding carboxylic acids is 1. The van der Waals surface area contributed by atoms with Crippen LogP contribution >= 0.6 is 0 Å². The molecule has 0 spiro atoms. The van der Waals surface area contributed by atoms with E-state index in [0.717, 1.165) is 4.76 Å². The summed E-state index contributed by atoms with van der Waals surface area (Å²) >= 11 is 0. The zero-order valence-electron chi connectivity index (χ0n) is 9.96. The van der Waals surface area contributed by atoms with Crippen molar-refractivity contribution in [2.45, 2.75) is 45.7 Å². The van der Waals surface area contributed by atoms with Crippen LogP contribution in [0.3, 0.4) is 0 Å². The topological polar surface area (TPSA) is 46.4 Å². The second-order valence-corrected chi connectivity index (χ2v) is 4.79. The molecule has 0 fully saturated rings. The quantitative estimate of drug-likeness (QED) is 0.518. The highest BCUT2D eigenvalue weighted by Gasteiger charge is 2.57. The number of rotatable bonds is 2. The fourth-order valence-corrected chi connectivity index (χ4v) is 1.94. The van der Waals surface area contributed by atoms with Crippen LogP contribution in [0.1, 0.15) is 34.6 Å². The monoisotopic (exact) mass is 212 g/mol. The Kier molecular flexibility index (Phi) is 2.72. The molecule has 0 atom stereocenters. The van der Waals surface area contributed by atoms with Crippen LogP contribution in [-0.2, 0) is 9.53 Å². The molecule has 1 rings (SSSR count). The van der Waals surface area contributed by atoms with Crippen molar-refractivity contribution in [3.8, 4) is 0 Å². The van der Waals surface area contributed by atoms with Crippen LogP contribution in [0.4, 0.5) is 0 Å². The third-order valence-corrected chi connectivity index (χ3v) is 2.68. The molecule has 0 radical (unpaired) electrons. The summed E-state index contributed by atoms with van der Waals surface area (Å²) < 4.78 is 5.87. The van der Waals surface area contributed by atoms with E-state index in [4.69, 9.17) is 4.74 Å². The minimum absolute atomic E-state index is 0.325. The number of carbonyl (C=O) groups is 1. The lowest BCUT2D eigenvalue weighted by Crippen LogP contribution is -2.42. The smallest absolute Gasteiger partial charge is 0.341 e. The normalized spacial score (nSPS) is 22.5. The molecule has 1 aliphatic heterocycles. The molecule has 1 heterocycles. The molecule has 4 nitrogen and oxygen atoms in total. The summed E-state index contributed by atoms with van der Waals surface area (Å²) in [5.41, 5.74) is -1.01. The zero-order valence-corrected chi connectivity index (χ0v) is 9.96. The van der Waals surface area contributed by atoms with Gasteiger partial charge in [-0.1, -0.05) is 0 Å². The van der Waals surface area contributed by atoms with Crippen molar-refractivity contribution in [2.75, 3.05) is 6.61 Å². The van der Waals surface area contributed by atoms with E-state index in [1.807, 2.05) is 0 Å². The Hall–Kier alpha value is -1.19. The third-order valence-electron chi connectivity index (χ3n) is 2.68. The van der Waals surface area contributed by atoms with Gasteiger partial charge in [0.15, 0.2) is 0 Å². The van der Waals surface area contributed by atoms with E-state index < -0.39 is 17.0 Å². The summed E-state index contributed by atoms with van der Waals surface area (Å²) in [5.74, 6) is -0.395. The van der Waals surface area contributed by atoms with E-state index >= 15 is 0 Å². The van der Waals surface area contributed by atoms with E-state index in [9.17, 15) is 9.70 Å². The Morgan fingerprint density at radius 2 is 1.93 bits per heavy atom. The maximum atomic E-state index is 11.9. The molecule has 0 saturated heterocycles. The molecule has 0 unspecified atom stereocenters. The molecule has 15 heavy (non-hydrogen) atoms. The zero-order chi connectivity index (χ0) is 11.9. The van der Waals surface area contributed by atoms with Crippen molar-refractivity contribution in [3.05, 3.63) is 16.6 Å². The van der Waals surface area contributed by atoms with Crippen molar-refractivity contribution < 1.29 is 14.3 Å². The van der Waals surface area contributed by atoms with Gasteiger partial charge < -0.3 is 4.74 Å². The molecular weight excluding hydrogens is 194 g/mol. The number of nitrogens with zero attached hydrogens (tertiary/aromatic N) is 1. The van der Waals surface area contributed by atoms with Crippen molar-refractivity contribution >= 4 is 5.97 Å². The van der Waals surface area contributed by atoms with Gasteiger partial charge in [0, 0.05) is 43.4 Å². The van der Waals surface area contributed by atoms with E-state index in [0.29, 0.717) is 12.2 Å². The number of hydrogen-bond acceptors (Lipinski definition) is 3. The SMILES string of the molecule is CCOC(=O)C1=CC(C)(C)[N+](=O)C1(C)C. The average Bonchev–Trinajstić information content (AvgIpc) is 2.27. The second kappa shape index (κ2) is 3.43. The van der Waals surface area contributed by atoms with Crippen LogP contribution in [0, 0.1) is 4.91 Å². The summed E-state index contributed by atoms with van der Waals surface area (Å²) in [6, 6.07) is 0. The van der Waals surface area contributed by atoms with Crippen molar-refractivity contribution in [1.29, 1.82) is 0 Å². The molecule has 0 aromatic heterocycles. The molecule has 0 aromatic rings. The van der Waals surface area contributed by atoms with Crippen LogP contribution in [0.5, 0.6) is 0 Å². The Bertz CT molecular complexity index is 340. The Morgan fingerprint density at radius 3 is 2.27 bits per heavy atom. The fraction of sp³-hybridized carbons (Fsp3) is 0.727. The summed E-state index contributed by atoms with van der Waals surface area (Å²) in [6.45, 7) is 9.11. The molecule has 4 heteroatoms. The average molecular weight is 212 g/mol. The largest absolute Gasteiger partial charge is 0.462 e. The Balaban J connectivity index is 3.09. The van der Waals surface area contributed by atoms with Gasteiger partial charge in [-0.25, -0.2) is 4.79 Å². The third kappa shape index (κ3) is 1.80. The maximum Gasteiger partial charge on any atom is 0.341 e. The van der Waals surface area contributed by atoms with Gasteiger partial charge in [0.1, 0.15) is 5.57 Å². The van der Waals surface area contributed by atoms with Crippen LogP contribution in [0.15, 0.2) is 11.6 Å². The van der Waals surface area contributed by atoms with Gasteiger partial charge in [0.25, 0.3) is 0 Å². The first-order chi connectivity index (χ1) is 6.73. The minimum atomic E-state index is -0.810. The number of ether oxygens (including phenoxy) is 1. The summed E-state index contributed by atoms with van der Waals surface area (Å²) in [6.07, 6.45) is 1.69. The van der Waals surface area contributed by atoms with E-state index in [2.05, 4.69) is 0 Å². The number of esters is 1. The molecule has 1 aliphatic rings. The molecule has 84 valence electrons. The first kappa shape index (κ1) is 11.9. The Morgan fingerprint density at radius 1 is 1.40 bits per heavy atom. The van der Waals surface area contributed by atoms with Gasteiger partial charge in [0.05, 0.1) is 6.61 Å². The molecule has 0 aromatic carbocycles. The lowest BCUT2D eigenvalue weighted by Gasteiger charge is -2.15. The first-order valence-corrected chi connectivity index (χ1v) is 5.11. The predicted molar refractivity (Wildman–Crippen MR) is 56.5 cm³/mol. The molecule has 0 aliphatic carbocycles. The number of hydrogen-bond donors (Lipinski definition) is 0. The van der Waals surface area contributed by atoms with E-state index in [1.54, 1.807) is 40.7 Å². The lowest BCUT2D eigenvalue weighted by molar-refractivity contribution is -0.651. The Labute approximate surface area is 89.9 Å². The van der Waals surface area contributed by atoms with Crippen LogP contribution in [0.25, 0.3) is 0 Å². The summed E-state index contributed by atoms with van der Waals surface area (Å²) in [5, 5.41) is 0. The van der Waals surface area contributed by atoms with Gasteiger partial charge in [-0.15, -0.1) is 0 Å². The standard InChI is InChI=1S/C11H18NO3/c1-6-15-9(13)8-7-10(2,3)12(14)11(8,4)5/h7H,6H2,1-5H3/q+1. The first-order valence-electron chi connectivity index (χ1n) is 5.11. The van der Waals surface area contributed by atoms with E-state index in [1.165, 1.54) is 0 Å². The van der Waals surface area contributed by atoms with E-state index in [-0.39, 0.29) is 0 Å². The molecule has 0 saturated carbocycles. The lowest BCUT2D eigenvalue weighted by atomic mass is 9.97. The van der Waals surface area contributed by atoms with Gasteiger partial charge in [-0.05, 0) is 6.92 Å². The highest BCUT2D eigenvalue weighted by Crippen LogP contribution is 2.36. The van der Waals surface area contributed by atoms with Gasteiger partial charge >= 0.3 is 5.97 Å². The second-order valence-electron chi connectivity index (χ2n) is 4.79. The van der Waals surface area contributed by atoms with Crippen LogP contribution < -0.4 is 0 Å². The van der Waals surface area contributed by atoms with Gasteiger partial charge in [-0.3, -0.25) is 0 Å². The summed E-state index contributed by atoms with van der Waals surface area (Å²) in [4.78, 5) is 23.6. The maximum absolute atomic E-state index is 11.9. The highest BCUT2D eigenvalue weighted by atomic mass is 16.5. The highest BCUT2D eigenvalue weighted by molar-refractivity contribution is 5.91. The van der Waals surface area contributed by atoms with Gasteiger partial charge in [-0.2, -0.15) is 0 Å². The van der Waals surface area contributed by atoms with Crippen LogP contribution in [-0.4, -0.2) is 28.4 Å². The fourth-order valence-electron chi connectivity index (χ4n) is 1.94. The number of nitroso groups, excluding NO2 is 1. The van der Waals surface area contributed by atoms with Crippen molar-refractivity contribution in [3.63, 3.8) is 0 Å².